The SMILES string of the molecule is CCOC(=O)CCn1ccc2cc(O)cc(C)c21. The largest absolute Gasteiger partial charge is 0.508 e. The Hall–Kier alpha value is -1.97. The number of aromatic hydroxyl groups is 1. The van der Waals surface area contributed by atoms with E-state index in [2.05, 4.69) is 0 Å². The lowest BCUT2D eigenvalue weighted by Gasteiger charge is -2.07. The number of carbonyl (C=O) groups is 1. The monoisotopic (exact) mass is 247 g/mol. The van der Waals surface area contributed by atoms with E-state index in [1.807, 2.05) is 23.8 Å². The third-order valence-corrected chi connectivity index (χ3v) is 2.90. The van der Waals surface area contributed by atoms with Gasteiger partial charge in [-0.2, -0.15) is 0 Å². The fourth-order valence-corrected chi connectivity index (χ4v) is 2.18. The highest BCUT2D eigenvalue weighted by atomic mass is 16.5. The van der Waals surface area contributed by atoms with Gasteiger partial charge in [0.15, 0.2) is 0 Å². The van der Waals surface area contributed by atoms with E-state index >= 15 is 0 Å². The molecule has 2 aromatic rings. The summed E-state index contributed by atoms with van der Waals surface area (Å²) >= 11 is 0. The molecule has 1 heterocycles. The highest BCUT2D eigenvalue weighted by molar-refractivity contribution is 5.85. The molecule has 0 saturated carbocycles. The Morgan fingerprint density at radius 2 is 2.22 bits per heavy atom. The molecule has 0 aliphatic heterocycles. The van der Waals surface area contributed by atoms with Crippen molar-refractivity contribution in [2.45, 2.75) is 26.8 Å². The van der Waals surface area contributed by atoms with E-state index in [0.29, 0.717) is 19.6 Å². The van der Waals surface area contributed by atoms with Crippen LogP contribution in [0.4, 0.5) is 0 Å². The van der Waals surface area contributed by atoms with Gasteiger partial charge in [0, 0.05) is 18.1 Å². The summed E-state index contributed by atoms with van der Waals surface area (Å²) in [5.41, 5.74) is 2.05. The van der Waals surface area contributed by atoms with Gasteiger partial charge in [-0.05, 0) is 37.6 Å². The van der Waals surface area contributed by atoms with E-state index in [1.165, 1.54) is 0 Å². The van der Waals surface area contributed by atoms with Crippen LogP contribution in [0, 0.1) is 6.92 Å². The van der Waals surface area contributed by atoms with Crippen molar-refractivity contribution in [2.75, 3.05) is 6.61 Å². The van der Waals surface area contributed by atoms with Crippen LogP contribution in [0.2, 0.25) is 0 Å². The molecule has 0 bridgehead atoms. The number of ether oxygens (including phenoxy) is 1. The second kappa shape index (κ2) is 5.12. The number of aromatic nitrogens is 1. The second-order valence-electron chi connectivity index (χ2n) is 4.26. The molecule has 0 unspecified atom stereocenters. The summed E-state index contributed by atoms with van der Waals surface area (Å²) in [7, 11) is 0. The number of nitrogens with zero attached hydrogens (tertiary/aromatic N) is 1. The van der Waals surface area contributed by atoms with Gasteiger partial charge in [-0.3, -0.25) is 4.79 Å². The van der Waals surface area contributed by atoms with Crippen LogP contribution < -0.4 is 0 Å². The number of carbonyl (C=O) groups excluding carboxylic acids is 1. The van der Waals surface area contributed by atoms with Crippen LogP contribution in [0.1, 0.15) is 18.9 Å². The molecule has 1 aromatic heterocycles. The molecule has 2 rings (SSSR count). The highest BCUT2D eigenvalue weighted by Crippen LogP contribution is 2.25. The Morgan fingerprint density at radius 1 is 1.44 bits per heavy atom. The maximum atomic E-state index is 11.3. The fourth-order valence-electron chi connectivity index (χ4n) is 2.18. The van der Waals surface area contributed by atoms with Crippen LogP contribution in [0.3, 0.4) is 0 Å². The molecule has 0 saturated heterocycles. The molecule has 0 atom stereocenters. The molecule has 1 N–H and O–H groups in total. The van der Waals surface area contributed by atoms with Crippen molar-refractivity contribution in [1.82, 2.24) is 4.57 Å². The first-order valence-electron chi connectivity index (χ1n) is 6.06. The van der Waals surface area contributed by atoms with Crippen molar-refractivity contribution >= 4 is 16.9 Å². The zero-order valence-electron chi connectivity index (χ0n) is 10.6. The predicted octanol–water partition coefficient (Wildman–Crippen LogP) is 2.61. The third-order valence-electron chi connectivity index (χ3n) is 2.90. The Morgan fingerprint density at radius 3 is 2.94 bits per heavy atom. The molecule has 96 valence electrons. The topological polar surface area (TPSA) is 51.5 Å². The number of benzene rings is 1. The van der Waals surface area contributed by atoms with Crippen LogP contribution in [0.5, 0.6) is 5.75 Å². The van der Waals surface area contributed by atoms with E-state index in [9.17, 15) is 9.90 Å². The normalized spacial score (nSPS) is 10.8. The highest BCUT2D eigenvalue weighted by Gasteiger charge is 2.08. The lowest BCUT2D eigenvalue weighted by Crippen LogP contribution is -2.08. The van der Waals surface area contributed by atoms with Gasteiger partial charge in [0.05, 0.1) is 18.5 Å². The van der Waals surface area contributed by atoms with Crippen molar-refractivity contribution in [3.05, 3.63) is 30.0 Å². The summed E-state index contributed by atoms with van der Waals surface area (Å²) < 4.78 is 6.92. The molecule has 1 aromatic carbocycles. The van der Waals surface area contributed by atoms with Crippen molar-refractivity contribution in [1.29, 1.82) is 0 Å². The first-order chi connectivity index (χ1) is 8.61. The van der Waals surface area contributed by atoms with E-state index in [0.717, 1.165) is 16.5 Å². The van der Waals surface area contributed by atoms with E-state index in [1.54, 1.807) is 19.1 Å². The number of phenols is 1. The summed E-state index contributed by atoms with van der Waals surface area (Å²) in [6.07, 6.45) is 2.29. The number of hydrogen-bond donors (Lipinski definition) is 1. The Bertz CT molecular complexity index is 572. The number of fused-ring (bicyclic) bond motifs is 1. The van der Waals surface area contributed by atoms with E-state index in [-0.39, 0.29) is 11.7 Å². The maximum Gasteiger partial charge on any atom is 0.307 e. The number of hydrogen-bond acceptors (Lipinski definition) is 3. The van der Waals surface area contributed by atoms with Crippen LogP contribution in [-0.2, 0) is 16.1 Å². The molecule has 0 spiro atoms. The van der Waals surface area contributed by atoms with E-state index < -0.39 is 0 Å². The maximum absolute atomic E-state index is 11.3. The average Bonchev–Trinajstić information content (AvgIpc) is 2.70. The molecule has 18 heavy (non-hydrogen) atoms. The van der Waals surface area contributed by atoms with Gasteiger partial charge in [-0.15, -0.1) is 0 Å². The Balaban J connectivity index is 2.22. The van der Waals surface area contributed by atoms with Crippen LogP contribution in [0.25, 0.3) is 10.9 Å². The number of phenolic OH excluding ortho intramolecular Hbond substituents is 1. The first kappa shape index (κ1) is 12.5. The minimum absolute atomic E-state index is 0.184. The average molecular weight is 247 g/mol. The van der Waals surface area contributed by atoms with Crippen molar-refractivity contribution in [2.24, 2.45) is 0 Å². The summed E-state index contributed by atoms with van der Waals surface area (Å²) in [5.74, 6) is 0.0823. The van der Waals surface area contributed by atoms with Crippen molar-refractivity contribution in [3.63, 3.8) is 0 Å². The minimum atomic E-state index is -0.184. The van der Waals surface area contributed by atoms with Gasteiger partial charge in [-0.25, -0.2) is 0 Å². The molecule has 4 heteroatoms. The zero-order chi connectivity index (χ0) is 13.1. The molecule has 0 fully saturated rings. The van der Waals surface area contributed by atoms with Crippen LogP contribution in [0.15, 0.2) is 24.4 Å². The number of rotatable bonds is 4. The Labute approximate surface area is 106 Å². The quantitative estimate of drug-likeness (QED) is 0.845. The lowest BCUT2D eigenvalue weighted by atomic mass is 10.1. The molecule has 0 amide bonds. The van der Waals surface area contributed by atoms with Gasteiger partial charge < -0.3 is 14.4 Å². The number of aryl methyl sites for hydroxylation is 2. The van der Waals surface area contributed by atoms with Gasteiger partial charge in [0.1, 0.15) is 5.75 Å². The van der Waals surface area contributed by atoms with Crippen molar-refractivity contribution in [3.8, 4) is 5.75 Å². The zero-order valence-corrected chi connectivity index (χ0v) is 10.6. The fraction of sp³-hybridized carbons (Fsp3) is 0.357. The Kier molecular flexibility index (Phi) is 3.55. The second-order valence-corrected chi connectivity index (χ2v) is 4.26. The molecule has 4 nitrogen and oxygen atoms in total. The number of esters is 1. The molecular formula is C14H17NO3. The molecule has 0 aliphatic carbocycles. The van der Waals surface area contributed by atoms with Gasteiger partial charge in [0.2, 0.25) is 0 Å². The summed E-state index contributed by atoms with van der Waals surface area (Å²) in [6.45, 7) is 4.75. The molecular weight excluding hydrogens is 230 g/mol. The van der Waals surface area contributed by atoms with Crippen LogP contribution in [-0.4, -0.2) is 22.2 Å². The van der Waals surface area contributed by atoms with Gasteiger partial charge in [-0.1, -0.05) is 0 Å². The summed E-state index contributed by atoms with van der Waals surface area (Å²) in [5, 5.41) is 10.5. The van der Waals surface area contributed by atoms with Crippen molar-refractivity contribution < 1.29 is 14.6 Å². The third kappa shape index (κ3) is 2.47. The van der Waals surface area contributed by atoms with Crippen LogP contribution >= 0.6 is 0 Å². The smallest absolute Gasteiger partial charge is 0.307 e. The first-order valence-corrected chi connectivity index (χ1v) is 6.06. The van der Waals surface area contributed by atoms with Gasteiger partial charge in [0.25, 0.3) is 0 Å². The standard InChI is InChI=1S/C14H17NO3/c1-3-18-13(17)5-7-15-6-4-11-9-12(16)8-10(2)14(11)15/h4,6,8-9,16H,3,5,7H2,1-2H3. The summed E-state index contributed by atoms with van der Waals surface area (Å²) in [4.78, 5) is 11.3. The molecule has 0 radical (unpaired) electrons. The lowest BCUT2D eigenvalue weighted by molar-refractivity contribution is -0.143. The van der Waals surface area contributed by atoms with E-state index in [4.69, 9.17) is 4.74 Å². The summed E-state index contributed by atoms with van der Waals surface area (Å²) in [6, 6.07) is 5.39. The minimum Gasteiger partial charge on any atom is -0.508 e. The van der Waals surface area contributed by atoms with Gasteiger partial charge >= 0.3 is 5.97 Å². The predicted molar refractivity (Wildman–Crippen MR) is 69.6 cm³/mol. The molecule has 0 aliphatic rings.